The van der Waals surface area contributed by atoms with Crippen molar-refractivity contribution in [2.75, 3.05) is 13.6 Å². The Labute approximate surface area is 180 Å². The third-order valence-electron chi connectivity index (χ3n) is 9.07. The quantitative estimate of drug-likeness (QED) is 0.791. The molecule has 5 rings (SSSR count). The smallest absolute Gasteiger partial charge is 0.251 e. The molecule has 0 spiro atoms. The molecule has 1 amide bonds. The number of carbonyl (C=O) groups is 2. The van der Waals surface area contributed by atoms with Gasteiger partial charge in [0.1, 0.15) is 0 Å². The normalized spacial score (nSPS) is 40.2. The summed E-state index contributed by atoms with van der Waals surface area (Å²) in [4.78, 5) is 27.2. The average molecular weight is 407 g/mol. The number of hydrogen-bond acceptors (Lipinski definition) is 3. The van der Waals surface area contributed by atoms with Crippen LogP contribution in [0.5, 0.6) is 0 Å². The van der Waals surface area contributed by atoms with Gasteiger partial charge in [0.05, 0.1) is 0 Å². The van der Waals surface area contributed by atoms with E-state index in [1.807, 2.05) is 36.4 Å². The summed E-state index contributed by atoms with van der Waals surface area (Å²) in [6.45, 7) is 5.91. The van der Waals surface area contributed by atoms with Crippen LogP contribution in [-0.2, 0) is 4.79 Å². The lowest BCUT2D eigenvalue weighted by Crippen LogP contribution is -2.56. The molecule has 1 aliphatic heterocycles. The molecule has 3 aliphatic carbocycles. The van der Waals surface area contributed by atoms with Crippen molar-refractivity contribution in [3.63, 3.8) is 0 Å². The summed E-state index contributed by atoms with van der Waals surface area (Å²) in [5, 5.41) is 3.35. The molecular formula is C26H34N2O2. The third kappa shape index (κ3) is 3.02. The van der Waals surface area contributed by atoms with Crippen molar-refractivity contribution in [3.05, 3.63) is 47.7 Å². The molecule has 0 unspecified atom stereocenters. The van der Waals surface area contributed by atoms with E-state index in [4.69, 9.17) is 0 Å². The minimum atomic E-state index is 0.0585. The Bertz CT molecular complexity index is 894. The fourth-order valence-corrected chi connectivity index (χ4v) is 7.60. The second-order valence-corrected chi connectivity index (χ2v) is 10.8. The van der Waals surface area contributed by atoms with E-state index in [1.165, 1.54) is 18.5 Å². The first-order valence-corrected chi connectivity index (χ1v) is 11.6. The van der Waals surface area contributed by atoms with E-state index in [9.17, 15) is 9.59 Å². The second-order valence-electron chi connectivity index (χ2n) is 10.8. The highest BCUT2D eigenvalue weighted by Gasteiger charge is 2.59. The maximum Gasteiger partial charge on any atom is 0.251 e. The molecule has 1 saturated heterocycles. The molecular weight excluding hydrogens is 372 g/mol. The van der Waals surface area contributed by atoms with Gasteiger partial charge in [0.2, 0.25) is 0 Å². The number of hydrogen-bond donors (Lipinski definition) is 1. The monoisotopic (exact) mass is 406 g/mol. The molecule has 0 bridgehead atoms. The number of rotatable bonds is 2. The van der Waals surface area contributed by atoms with Gasteiger partial charge in [-0.25, -0.2) is 0 Å². The first-order chi connectivity index (χ1) is 14.3. The van der Waals surface area contributed by atoms with E-state index >= 15 is 0 Å². The average Bonchev–Trinajstić information content (AvgIpc) is 3.06. The molecule has 30 heavy (non-hydrogen) atoms. The molecule has 1 aromatic carbocycles. The van der Waals surface area contributed by atoms with Crippen molar-refractivity contribution in [3.8, 4) is 0 Å². The van der Waals surface area contributed by atoms with Crippen LogP contribution in [0.1, 0.15) is 62.7 Å². The zero-order valence-electron chi connectivity index (χ0n) is 18.5. The van der Waals surface area contributed by atoms with Gasteiger partial charge in [-0.1, -0.05) is 32.0 Å². The first-order valence-electron chi connectivity index (χ1n) is 11.6. The van der Waals surface area contributed by atoms with Crippen LogP contribution in [0.25, 0.3) is 0 Å². The summed E-state index contributed by atoms with van der Waals surface area (Å²) in [6, 6.07) is 9.84. The highest BCUT2D eigenvalue weighted by Crippen LogP contribution is 2.63. The van der Waals surface area contributed by atoms with E-state index in [2.05, 4.69) is 31.1 Å². The van der Waals surface area contributed by atoms with Crippen LogP contribution in [0, 0.1) is 28.6 Å². The van der Waals surface area contributed by atoms with Gasteiger partial charge < -0.3 is 10.2 Å². The summed E-state index contributed by atoms with van der Waals surface area (Å²) in [5.41, 5.74) is 2.45. The third-order valence-corrected chi connectivity index (χ3v) is 9.07. The van der Waals surface area contributed by atoms with Crippen LogP contribution in [-0.4, -0.2) is 36.2 Å². The highest BCUT2D eigenvalue weighted by atomic mass is 16.1. The number of carbonyl (C=O) groups excluding carboxylic acids is 2. The fourth-order valence-electron chi connectivity index (χ4n) is 7.60. The van der Waals surface area contributed by atoms with Gasteiger partial charge in [-0.15, -0.1) is 0 Å². The van der Waals surface area contributed by atoms with Gasteiger partial charge in [0.25, 0.3) is 5.91 Å². The molecule has 3 fully saturated rings. The number of ketones is 1. The van der Waals surface area contributed by atoms with Gasteiger partial charge in [-0.3, -0.25) is 9.59 Å². The van der Waals surface area contributed by atoms with Gasteiger partial charge >= 0.3 is 0 Å². The summed E-state index contributed by atoms with van der Waals surface area (Å²) in [5.74, 6) is 2.27. The van der Waals surface area contributed by atoms with Crippen molar-refractivity contribution in [2.24, 2.45) is 28.6 Å². The van der Waals surface area contributed by atoms with Crippen LogP contribution < -0.4 is 5.32 Å². The molecule has 1 aromatic rings. The highest BCUT2D eigenvalue weighted by molar-refractivity contribution is 5.94. The van der Waals surface area contributed by atoms with Crippen molar-refractivity contribution in [1.29, 1.82) is 0 Å². The fraction of sp³-hybridized carbons (Fsp3) is 0.615. The van der Waals surface area contributed by atoms with Crippen molar-refractivity contribution >= 4 is 11.7 Å². The maximum absolute atomic E-state index is 12.8. The van der Waals surface area contributed by atoms with Crippen LogP contribution >= 0.6 is 0 Å². The zero-order valence-corrected chi connectivity index (χ0v) is 18.5. The van der Waals surface area contributed by atoms with Crippen LogP contribution in [0.4, 0.5) is 0 Å². The summed E-state index contributed by atoms with van der Waals surface area (Å²) in [6.07, 6.45) is 8.25. The van der Waals surface area contributed by atoms with E-state index in [1.54, 1.807) is 0 Å². The number of benzene rings is 1. The predicted molar refractivity (Wildman–Crippen MR) is 118 cm³/mol. The largest absolute Gasteiger partial charge is 0.377 e. The summed E-state index contributed by atoms with van der Waals surface area (Å²) in [7, 11) is 2.18. The number of piperidine rings is 1. The minimum absolute atomic E-state index is 0.0585. The van der Waals surface area contributed by atoms with E-state index in [0.29, 0.717) is 29.6 Å². The van der Waals surface area contributed by atoms with Gasteiger partial charge in [0, 0.05) is 48.8 Å². The molecule has 6 atom stereocenters. The Hall–Kier alpha value is -2.10. The number of nitrogens with zero attached hydrogens (tertiary/aromatic N) is 1. The maximum atomic E-state index is 12.8. The van der Waals surface area contributed by atoms with Gasteiger partial charge in [0.15, 0.2) is 5.78 Å². The van der Waals surface area contributed by atoms with E-state index < -0.39 is 0 Å². The topological polar surface area (TPSA) is 49.4 Å². The molecule has 0 aromatic heterocycles. The SMILES string of the molecule is CN1C[C@H]2[C@@H]3C[C@H](NC(=O)c4ccccc4)C[C@@]3(C)CC[C@@H]2[C@@]2(C)CCC(=O)C=C12. The Morgan fingerprint density at radius 1 is 1.13 bits per heavy atom. The summed E-state index contributed by atoms with van der Waals surface area (Å²) >= 11 is 0. The molecule has 160 valence electrons. The predicted octanol–water partition coefficient (Wildman–Crippen LogP) is 4.43. The first kappa shape index (κ1) is 19.8. The van der Waals surface area contributed by atoms with Gasteiger partial charge in [-0.2, -0.15) is 0 Å². The molecule has 1 N–H and O–H groups in total. The number of amides is 1. The molecule has 0 radical (unpaired) electrons. The van der Waals surface area contributed by atoms with Crippen molar-refractivity contribution < 1.29 is 9.59 Å². The molecule has 2 saturated carbocycles. The van der Waals surface area contributed by atoms with E-state index in [0.717, 1.165) is 31.4 Å². The number of fused-ring (bicyclic) bond motifs is 5. The Morgan fingerprint density at radius 3 is 2.67 bits per heavy atom. The van der Waals surface area contributed by atoms with Gasteiger partial charge in [-0.05, 0) is 67.4 Å². The Balaban J connectivity index is 1.37. The van der Waals surface area contributed by atoms with E-state index in [-0.39, 0.29) is 23.1 Å². The second kappa shape index (κ2) is 6.96. The van der Waals surface area contributed by atoms with Crippen LogP contribution in [0.15, 0.2) is 42.1 Å². The molecule has 4 nitrogen and oxygen atoms in total. The summed E-state index contributed by atoms with van der Waals surface area (Å²) < 4.78 is 0. The zero-order chi connectivity index (χ0) is 21.1. The lowest BCUT2D eigenvalue weighted by Gasteiger charge is -2.59. The number of likely N-dealkylation sites (tertiary alicyclic amines) is 1. The standard InChI is InChI=1S/C26H34N2O2/c1-25-11-10-21-20(16-28(3)23-14-19(29)9-12-26(21,23)2)22(25)13-18(15-25)27-24(30)17-7-5-4-6-8-17/h4-8,14,18,20-22H,9-13,15-16H2,1-3H3,(H,27,30)/t18-,20+,21-,22-,25+,26+/m0/s1. The Kier molecular flexibility index (Phi) is 4.61. The number of allylic oxidation sites excluding steroid dienone is 2. The minimum Gasteiger partial charge on any atom is -0.377 e. The van der Waals surface area contributed by atoms with Crippen molar-refractivity contribution in [2.45, 2.75) is 58.4 Å². The lowest BCUT2D eigenvalue weighted by molar-refractivity contribution is -0.118. The van der Waals surface area contributed by atoms with Crippen LogP contribution in [0.2, 0.25) is 0 Å². The van der Waals surface area contributed by atoms with Crippen LogP contribution in [0.3, 0.4) is 0 Å². The number of nitrogens with one attached hydrogen (secondary N) is 1. The molecule has 4 aliphatic rings. The molecule has 1 heterocycles. The van der Waals surface area contributed by atoms with Crippen molar-refractivity contribution in [1.82, 2.24) is 10.2 Å². The Morgan fingerprint density at radius 2 is 1.90 bits per heavy atom. The lowest BCUT2D eigenvalue weighted by atomic mass is 9.50. The molecule has 4 heteroatoms.